The van der Waals surface area contributed by atoms with Gasteiger partial charge in [-0.1, -0.05) is 44.2 Å². The predicted octanol–water partition coefficient (Wildman–Crippen LogP) is 2.89. The standard InChI is InChI=1S/C22H29N5O/c1-17(2)18-7-6-8-19(15-18)25-22(23)24-16-21(28)27-13-11-26(12-14-27)20-9-4-3-5-10-20/h3-10,15,17H,11-14,16H2,1-2H3,(H3,23,24,25). The quantitative estimate of drug-likeness (QED) is 0.619. The molecule has 6 heteroatoms. The van der Waals surface area contributed by atoms with E-state index in [1.165, 1.54) is 11.3 Å². The van der Waals surface area contributed by atoms with Crippen molar-refractivity contribution in [2.24, 2.45) is 10.7 Å². The summed E-state index contributed by atoms with van der Waals surface area (Å²) in [4.78, 5) is 20.8. The van der Waals surface area contributed by atoms with Crippen LogP contribution >= 0.6 is 0 Å². The van der Waals surface area contributed by atoms with E-state index in [0.29, 0.717) is 19.0 Å². The number of amides is 1. The topological polar surface area (TPSA) is 74.0 Å². The second-order valence-electron chi connectivity index (χ2n) is 7.31. The molecule has 1 heterocycles. The third-order valence-corrected chi connectivity index (χ3v) is 4.96. The molecule has 0 unspecified atom stereocenters. The number of hydrogen-bond donors (Lipinski definition) is 2. The Balaban J connectivity index is 1.49. The summed E-state index contributed by atoms with van der Waals surface area (Å²) in [6.07, 6.45) is 0. The fourth-order valence-electron chi connectivity index (χ4n) is 3.27. The van der Waals surface area contributed by atoms with E-state index >= 15 is 0 Å². The molecule has 1 aliphatic rings. The zero-order valence-electron chi connectivity index (χ0n) is 16.6. The molecular weight excluding hydrogens is 350 g/mol. The summed E-state index contributed by atoms with van der Waals surface area (Å²) < 4.78 is 0. The van der Waals surface area contributed by atoms with Crippen LogP contribution in [-0.2, 0) is 4.79 Å². The van der Waals surface area contributed by atoms with Crippen LogP contribution in [0.2, 0.25) is 0 Å². The summed E-state index contributed by atoms with van der Waals surface area (Å²) in [5.41, 5.74) is 9.28. The molecule has 1 fully saturated rings. The Labute approximate surface area is 167 Å². The molecule has 28 heavy (non-hydrogen) atoms. The fraction of sp³-hybridized carbons (Fsp3) is 0.364. The highest BCUT2D eigenvalue weighted by atomic mass is 16.2. The van der Waals surface area contributed by atoms with Crippen LogP contribution in [0.3, 0.4) is 0 Å². The van der Waals surface area contributed by atoms with Crippen molar-refractivity contribution in [2.45, 2.75) is 19.8 Å². The Morgan fingerprint density at radius 3 is 2.46 bits per heavy atom. The predicted molar refractivity (Wildman–Crippen MR) is 116 cm³/mol. The first kappa shape index (κ1) is 19.7. The molecule has 148 valence electrons. The highest BCUT2D eigenvalue weighted by molar-refractivity contribution is 5.94. The maximum atomic E-state index is 12.5. The number of carbonyl (C=O) groups excluding carboxylic acids is 1. The van der Waals surface area contributed by atoms with Gasteiger partial charge in [-0.3, -0.25) is 4.79 Å². The Kier molecular flexibility index (Phi) is 6.53. The van der Waals surface area contributed by atoms with Crippen LogP contribution in [0.25, 0.3) is 0 Å². The van der Waals surface area contributed by atoms with E-state index in [-0.39, 0.29) is 18.4 Å². The van der Waals surface area contributed by atoms with Crippen molar-refractivity contribution in [2.75, 3.05) is 42.9 Å². The molecule has 3 N–H and O–H groups in total. The lowest BCUT2D eigenvalue weighted by Crippen LogP contribution is -2.49. The lowest BCUT2D eigenvalue weighted by atomic mass is 10.0. The first-order valence-corrected chi connectivity index (χ1v) is 9.77. The number of anilines is 2. The van der Waals surface area contributed by atoms with E-state index in [2.05, 4.69) is 53.3 Å². The summed E-state index contributed by atoms with van der Waals surface area (Å²) in [6, 6.07) is 18.4. The van der Waals surface area contributed by atoms with Crippen LogP contribution in [0.4, 0.5) is 11.4 Å². The third kappa shape index (κ3) is 5.25. The number of carbonyl (C=O) groups is 1. The highest BCUT2D eigenvalue weighted by Gasteiger charge is 2.20. The van der Waals surface area contributed by atoms with Crippen molar-refractivity contribution in [3.63, 3.8) is 0 Å². The van der Waals surface area contributed by atoms with Crippen molar-refractivity contribution >= 4 is 23.2 Å². The fourth-order valence-corrected chi connectivity index (χ4v) is 3.27. The minimum absolute atomic E-state index is 0.00777. The van der Waals surface area contributed by atoms with E-state index in [1.807, 2.05) is 35.2 Å². The number of aliphatic imine (C=N–C) groups is 1. The monoisotopic (exact) mass is 379 g/mol. The third-order valence-electron chi connectivity index (χ3n) is 4.96. The number of nitrogens with zero attached hydrogens (tertiary/aromatic N) is 3. The van der Waals surface area contributed by atoms with Gasteiger partial charge in [0.15, 0.2) is 5.96 Å². The molecule has 1 aliphatic heterocycles. The number of benzene rings is 2. The molecule has 2 aromatic rings. The molecule has 0 bridgehead atoms. The molecule has 0 saturated carbocycles. The number of guanidine groups is 1. The second-order valence-corrected chi connectivity index (χ2v) is 7.31. The van der Waals surface area contributed by atoms with Gasteiger partial charge in [0, 0.05) is 37.6 Å². The minimum atomic E-state index is 0.00777. The Bertz CT molecular complexity index is 811. The molecule has 3 rings (SSSR count). The zero-order valence-corrected chi connectivity index (χ0v) is 16.6. The van der Waals surface area contributed by atoms with Crippen LogP contribution in [0.5, 0.6) is 0 Å². The summed E-state index contributed by atoms with van der Waals surface area (Å²) in [5.74, 6) is 0.710. The van der Waals surface area contributed by atoms with Crippen LogP contribution in [0.15, 0.2) is 59.6 Å². The molecule has 1 saturated heterocycles. The van der Waals surface area contributed by atoms with Crippen molar-refractivity contribution in [1.82, 2.24) is 4.90 Å². The van der Waals surface area contributed by atoms with Crippen molar-refractivity contribution < 1.29 is 4.79 Å². The lowest BCUT2D eigenvalue weighted by Gasteiger charge is -2.35. The van der Waals surface area contributed by atoms with Crippen molar-refractivity contribution in [3.8, 4) is 0 Å². The second kappa shape index (κ2) is 9.26. The molecule has 2 aromatic carbocycles. The van der Waals surface area contributed by atoms with Gasteiger partial charge < -0.3 is 20.9 Å². The smallest absolute Gasteiger partial charge is 0.244 e. The number of rotatable bonds is 5. The van der Waals surface area contributed by atoms with Crippen LogP contribution in [-0.4, -0.2) is 49.5 Å². The maximum absolute atomic E-state index is 12.5. The molecule has 6 nitrogen and oxygen atoms in total. The van der Waals surface area contributed by atoms with Crippen LogP contribution < -0.4 is 16.0 Å². The summed E-state index contributed by atoms with van der Waals surface area (Å²) in [7, 11) is 0. The SMILES string of the molecule is CC(C)c1cccc(NC(N)=NCC(=O)N2CCN(c3ccccc3)CC2)c1. The number of nitrogens with one attached hydrogen (secondary N) is 1. The van der Waals surface area contributed by atoms with Crippen molar-refractivity contribution in [3.05, 3.63) is 60.2 Å². The van der Waals surface area contributed by atoms with Crippen LogP contribution in [0.1, 0.15) is 25.3 Å². The molecule has 0 atom stereocenters. The van der Waals surface area contributed by atoms with E-state index in [4.69, 9.17) is 5.73 Å². The highest BCUT2D eigenvalue weighted by Crippen LogP contribution is 2.18. The van der Waals surface area contributed by atoms with E-state index in [9.17, 15) is 4.79 Å². The summed E-state index contributed by atoms with van der Waals surface area (Å²) in [5, 5.41) is 3.07. The maximum Gasteiger partial charge on any atom is 0.244 e. The molecule has 0 spiro atoms. The van der Waals surface area contributed by atoms with Gasteiger partial charge in [0.05, 0.1) is 0 Å². The van der Waals surface area contributed by atoms with Gasteiger partial charge in [-0.05, 0) is 35.7 Å². The molecular formula is C22H29N5O. The lowest BCUT2D eigenvalue weighted by molar-refractivity contribution is -0.129. The van der Waals surface area contributed by atoms with Gasteiger partial charge in [-0.15, -0.1) is 0 Å². The first-order chi connectivity index (χ1) is 13.5. The van der Waals surface area contributed by atoms with E-state index < -0.39 is 0 Å². The Morgan fingerprint density at radius 2 is 1.79 bits per heavy atom. The van der Waals surface area contributed by atoms with Gasteiger partial charge in [0.25, 0.3) is 0 Å². The average Bonchev–Trinajstić information content (AvgIpc) is 2.73. The van der Waals surface area contributed by atoms with Gasteiger partial charge >= 0.3 is 0 Å². The van der Waals surface area contributed by atoms with E-state index in [0.717, 1.165) is 18.8 Å². The molecule has 0 aromatic heterocycles. The van der Waals surface area contributed by atoms with Gasteiger partial charge in [0.2, 0.25) is 5.91 Å². The minimum Gasteiger partial charge on any atom is -0.370 e. The molecule has 0 aliphatic carbocycles. The zero-order chi connectivity index (χ0) is 19.9. The number of nitrogens with two attached hydrogens (primary N) is 1. The van der Waals surface area contributed by atoms with Gasteiger partial charge in [-0.25, -0.2) is 4.99 Å². The Morgan fingerprint density at radius 1 is 1.07 bits per heavy atom. The normalized spacial score (nSPS) is 15.0. The Hall–Kier alpha value is -3.02. The summed E-state index contributed by atoms with van der Waals surface area (Å²) >= 11 is 0. The first-order valence-electron chi connectivity index (χ1n) is 9.77. The van der Waals surface area contributed by atoms with E-state index in [1.54, 1.807) is 0 Å². The number of piperazine rings is 1. The average molecular weight is 380 g/mol. The van der Waals surface area contributed by atoms with Gasteiger partial charge in [0.1, 0.15) is 6.54 Å². The largest absolute Gasteiger partial charge is 0.370 e. The van der Waals surface area contributed by atoms with Crippen LogP contribution in [0, 0.1) is 0 Å². The number of para-hydroxylation sites is 1. The van der Waals surface area contributed by atoms with Crippen molar-refractivity contribution in [1.29, 1.82) is 0 Å². The van der Waals surface area contributed by atoms with Gasteiger partial charge in [-0.2, -0.15) is 0 Å². The molecule has 0 radical (unpaired) electrons. The summed E-state index contributed by atoms with van der Waals surface area (Å²) in [6.45, 7) is 7.41. The number of hydrogen-bond acceptors (Lipinski definition) is 3. The molecule has 1 amide bonds.